The molecule has 5 nitrogen and oxygen atoms in total. The third-order valence-electron chi connectivity index (χ3n) is 2.29. The van der Waals surface area contributed by atoms with Gasteiger partial charge in [-0.05, 0) is 32.6 Å². The van der Waals surface area contributed by atoms with Crippen molar-refractivity contribution < 1.29 is 14.7 Å². The maximum atomic E-state index is 11.3. The Morgan fingerprint density at radius 2 is 2.00 bits per heavy atom. The van der Waals surface area contributed by atoms with Crippen molar-refractivity contribution in [2.45, 2.75) is 38.8 Å². The van der Waals surface area contributed by atoms with Gasteiger partial charge in [-0.3, -0.25) is 14.9 Å². The van der Waals surface area contributed by atoms with Crippen LogP contribution in [0, 0.1) is 5.92 Å². The lowest BCUT2D eigenvalue weighted by molar-refractivity contribution is -0.140. The summed E-state index contributed by atoms with van der Waals surface area (Å²) in [4.78, 5) is 22.1. The Kier molecular flexibility index (Phi) is 4.08. The molecule has 1 unspecified atom stereocenters. The van der Waals surface area contributed by atoms with Gasteiger partial charge in [0.2, 0.25) is 5.91 Å². The highest BCUT2D eigenvalue weighted by Gasteiger charge is 2.36. The minimum absolute atomic E-state index is 0.0750. The maximum Gasteiger partial charge on any atom is 0.320 e. The number of rotatable bonds is 6. The van der Waals surface area contributed by atoms with Gasteiger partial charge in [0.05, 0.1) is 6.54 Å². The molecule has 1 fully saturated rings. The first-order chi connectivity index (χ1) is 7.00. The SMILES string of the molecule is CC(C)NC(=O)CNC(C(=O)O)C1CC1. The standard InChI is InChI=1S/C10H18N2O3/c1-6(2)12-8(13)5-11-9(10(14)15)7-3-4-7/h6-7,9,11H,3-5H2,1-2H3,(H,12,13)(H,14,15). The average Bonchev–Trinajstić information content (AvgIpc) is 2.86. The normalized spacial score (nSPS) is 17.5. The largest absolute Gasteiger partial charge is 0.480 e. The van der Waals surface area contributed by atoms with E-state index in [1.54, 1.807) is 0 Å². The van der Waals surface area contributed by atoms with Crippen LogP contribution in [0.1, 0.15) is 26.7 Å². The minimum atomic E-state index is -0.866. The van der Waals surface area contributed by atoms with Crippen molar-refractivity contribution in [3.63, 3.8) is 0 Å². The number of amides is 1. The number of aliphatic carboxylic acids is 1. The molecule has 0 spiro atoms. The van der Waals surface area contributed by atoms with E-state index in [1.807, 2.05) is 13.8 Å². The fourth-order valence-electron chi connectivity index (χ4n) is 1.46. The summed E-state index contributed by atoms with van der Waals surface area (Å²) in [5.74, 6) is -0.818. The van der Waals surface area contributed by atoms with E-state index in [2.05, 4.69) is 10.6 Å². The Bertz CT molecular complexity index is 249. The van der Waals surface area contributed by atoms with Crippen LogP contribution in [-0.2, 0) is 9.59 Å². The summed E-state index contributed by atoms with van der Waals surface area (Å²) in [5, 5.41) is 14.4. The van der Waals surface area contributed by atoms with Gasteiger partial charge in [0.1, 0.15) is 6.04 Å². The van der Waals surface area contributed by atoms with Gasteiger partial charge in [0.15, 0.2) is 0 Å². The molecular formula is C10H18N2O3. The van der Waals surface area contributed by atoms with Gasteiger partial charge in [-0.15, -0.1) is 0 Å². The van der Waals surface area contributed by atoms with Crippen LogP contribution < -0.4 is 10.6 Å². The van der Waals surface area contributed by atoms with E-state index in [-0.39, 0.29) is 24.4 Å². The monoisotopic (exact) mass is 214 g/mol. The van der Waals surface area contributed by atoms with Crippen LogP contribution in [0.3, 0.4) is 0 Å². The molecule has 1 aliphatic rings. The number of hydrogen-bond donors (Lipinski definition) is 3. The highest BCUT2D eigenvalue weighted by atomic mass is 16.4. The molecule has 86 valence electrons. The number of hydrogen-bond acceptors (Lipinski definition) is 3. The lowest BCUT2D eigenvalue weighted by Crippen LogP contribution is -2.45. The number of nitrogens with one attached hydrogen (secondary N) is 2. The molecule has 0 heterocycles. The molecule has 1 saturated carbocycles. The first-order valence-electron chi connectivity index (χ1n) is 5.26. The van der Waals surface area contributed by atoms with Crippen LogP contribution in [0.15, 0.2) is 0 Å². The van der Waals surface area contributed by atoms with Crippen molar-refractivity contribution >= 4 is 11.9 Å². The maximum absolute atomic E-state index is 11.3. The van der Waals surface area contributed by atoms with Gasteiger partial charge >= 0.3 is 5.97 Å². The van der Waals surface area contributed by atoms with E-state index in [1.165, 1.54) is 0 Å². The molecule has 1 aliphatic carbocycles. The summed E-state index contributed by atoms with van der Waals surface area (Å²) in [6.07, 6.45) is 1.88. The Morgan fingerprint density at radius 1 is 1.40 bits per heavy atom. The fourth-order valence-corrected chi connectivity index (χ4v) is 1.46. The van der Waals surface area contributed by atoms with Crippen molar-refractivity contribution in [1.29, 1.82) is 0 Å². The summed E-state index contributed by atoms with van der Waals surface area (Å²) in [7, 11) is 0. The molecule has 0 saturated heterocycles. The Balaban J connectivity index is 2.27. The zero-order chi connectivity index (χ0) is 11.4. The molecule has 15 heavy (non-hydrogen) atoms. The first-order valence-corrected chi connectivity index (χ1v) is 5.26. The zero-order valence-corrected chi connectivity index (χ0v) is 9.12. The molecule has 0 aromatic heterocycles. The van der Waals surface area contributed by atoms with Crippen LogP contribution in [0.25, 0.3) is 0 Å². The van der Waals surface area contributed by atoms with Gasteiger partial charge in [0.25, 0.3) is 0 Å². The summed E-state index contributed by atoms with van der Waals surface area (Å²) < 4.78 is 0. The Hall–Kier alpha value is -1.10. The quantitative estimate of drug-likeness (QED) is 0.580. The Labute approximate surface area is 89.2 Å². The molecule has 0 aliphatic heterocycles. The minimum Gasteiger partial charge on any atom is -0.480 e. The van der Waals surface area contributed by atoms with Crippen LogP contribution >= 0.6 is 0 Å². The van der Waals surface area contributed by atoms with Crippen LogP contribution in [0.4, 0.5) is 0 Å². The summed E-state index contributed by atoms with van der Waals surface area (Å²) in [6, 6.07) is -0.480. The fraction of sp³-hybridized carbons (Fsp3) is 0.800. The number of carboxylic acid groups (broad SMARTS) is 1. The smallest absolute Gasteiger partial charge is 0.320 e. The second-order valence-electron chi connectivity index (χ2n) is 4.26. The molecule has 0 aromatic rings. The van der Waals surface area contributed by atoms with Gasteiger partial charge < -0.3 is 10.4 Å². The molecule has 0 radical (unpaired) electrons. The van der Waals surface area contributed by atoms with Crippen molar-refractivity contribution in [1.82, 2.24) is 10.6 Å². The van der Waals surface area contributed by atoms with E-state index in [4.69, 9.17) is 5.11 Å². The molecule has 3 N–H and O–H groups in total. The van der Waals surface area contributed by atoms with Gasteiger partial charge in [-0.25, -0.2) is 0 Å². The van der Waals surface area contributed by atoms with Crippen molar-refractivity contribution in [2.24, 2.45) is 5.92 Å². The second kappa shape index (κ2) is 5.11. The van der Waals surface area contributed by atoms with Gasteiger partial charge in [-0.1, -0.05) is 0 Å². The molecule has 1 atom stereocenters. The summed E-state index contributed by atoms with van der Waals surface area (Å²) in [6.45, 7) is 3.81. The number of carbonyl (C=O) groups excluding carboxylic acids is 1. The van der Waals surface area contributed by atoms with E-state index in [0.29, 0.717) is 0 Å². The third-order valence-corrected chi connectivity index (χ3v) is 2.29. The number of carbonyl (C=O) groups is 2. The molecule has 0 aromatic carbocycles. The first kappa shape index (κ1) is 12.0. The van der Waals surface area contributed by atoms with Crippen molar-refractivity contribution in [3.05, 3.63) is 0 Å². The van der Waals surface area contributed by atoms with Gasteiger partial charge in [-0.2, -0.15) is 0 Å². The third kappa shape index (κ3) is 4.29. The molecular weight excluding hydrogens is 196 g/mol. The van der Waals surface area contributed by atoms with Gasteiger partial charge in [0, 0.05) is 6.04 Å². The lowest BCUT2D eigenvalue weighted by Gasteiger charge is -2.14. The van der Waals surface area contributed by atoms with E-state index in [0.717, 1.165) is 12.8 Å². The second-order valence-corrected chi connectivity index (χ2v) is 4.26. The van der Waals surface area contributed by atoms with E-state index < -0.39 is 12.0 Å². The van der Waals surface area contributed by atoms with E-state index in [9.17, 15) is 9.59 Å². The lowest BCUT2D eigenvalue weighted by atomic mass is 10.2. The van der Waals surface area contributed by atoms with E-state index >= 15 is 0 Å². The highest BCUT2D eigenvalue weighted by Crippen LogP contribution is 2.32. The zero-order valence-electron chi connectivity index (χ0n) is 9.12. The predicted molar refractivity (Wildman–Crippen MR) is 55.4 cm³/mol. The Morgan fingerprint density at radius 3 is 2.40 bits per heavy atom. The molecule has 5 heteroatoms. The van der Waals surface area contributed by atoms with Crippen LogP contribution in [0.2, 0.25) is 0 Å². The molecule has 1 rings (SSSR count). The summed E-state index contributed by atoms with van der Waals surface area (Å²) in [5.41, 5.74) is 0. The van der Waals surface area contributed by atoms with Crippen LogP contribution in [-0.4, -0.2) is 35.6 Å². The topological polar surface area (TPSA) is 78.4 Å². The molecule has 0 bridgehead atoms. The average molecular weight is 214 g/mol. The highest BCUT2D eigenvalue weighted by molar-refractivity contribution is 5.80. The molecule has 1 amide bonds. The predicted octanol–water partition coefficient (Wildman–Crippen LogP) is -0.0362. The number of carboxylic acids is 1. The van der Waals surface area contributed by atoms with Crippen molar-refractivity contribution in [2.75, 3.05) is 6.54 Å². The van der Waals surface area contributed by atoms with Crippen molar-refractivity contribution in [3.8, 4) is 0 Å². The summed E-state index contributed by atoms with van der Waals surface area (Å²) >= 11 is 0. The van der Waals surface area contributed by atoms with Crippen LogP contribution in [0.5, 0.6) is 0 Å².